The van der Waals surface area contributed by atoms with Gasteiger partial charge >= 0.3 is 0 Å². The lowest BCUT2D eigenvalue weighted by atomic mass is 10.1. The highest BCUT2D eigenvalue weighted by atomic mass is 15.1. The average Bonchev–Trinajstić information content (AvgIpc) is 3.04. The van der Waals surface area contributed by atoms with E-state index in [4.69, 9.17) is 0 Å². The molecular weight excluding hydrogens is 272 g/mol. The van der Waals surface area contributed by atoms with Crippen LogP contribution in [0.15, 0.2) is 73.2 Å². The van der Waals surface area contributed by atoms with E-state index in [1.807, 2.05) is 55.0 Å². The zero-order valence-corrected chi connectivity index (χ0v) is 11.8. The summed E-state index contributed by atoms with van der Waals surface area (Å²) in [4.78, 5) is 4.34. The number of hydrogen-bond donors (Lipinski definition) is 2. The third kappa shape index (κ3) is 2.42. The van der Waals surface area contributed by atoms with Crippen LogP contribution >= 0.6 is 0 Å². The van der Waals surface area contributed by atoms with E-state index in [-0.39, 0.29) is 0 Å². The van der Waals surface area contributed by atoms with Crippen molar-refractivity contribution in [1.82, 2.24) is 15.2 Å². The molecule has 0 amide bonds. The highest BCUT2D eigenvalue weighted by molar-refractivity contribution is 5.84. The van der Waals surface area contributed by atoms with E-state index in [1.54, 1.807) is 0 Å². The molecule has 2 N–H and O–H groups in total. The van der Waals surface area contributed by atoms with Gasteiger partial charge in [-0.15, -0.1) is 0 Å². The van der Waals surface area contributed by atoms with Crippen LogP contribution in [0.25, 0.3) is 22.0 Å². The molecule has 2 heterocycles. The predicted molar refractivity (Wildman–Crippen MR) is 89.0 cm³/mol. The highest BCUT2D eigenvalue weighted by Gasteiger charge is 2.03. The fraction of sp³-hybridized carbons (Fsp3) is 0. The molecule has 0 fully saturated rings. The third-order valence-corrected chi connectivity index (χ3v) is 3.57. The van der Waals surface area contributed by atoms with E-state index >= 15 is 0 Å². The number of aromatic amines is 1. The molecule has 106 valence electrons. The van der Waals surface area contributed by atoms with Gasteiger partial charge in [-0.25, -0.2) is 0 Å². The van der Waals surface area contributed by atoms with Gasteiger partial charge < -0.3 is 5.32 Å². The largest absolute Gasteiger partial charge is 0.354 e. The fourth-order valence-corrected chi connectivity index (χ4v) is 2.48. The molecule has 4 heteroatoms. The molecule has 0 saturated carbocycles. The summed E-state index contributed by atoms with van der Waals surface area (Å²) in [5.74, 6) is 0. The van der Waals surface area contributed by atoms with Crippen molar-refractivity contribution in [2.45, 2.75) is 0 Å². The molecule has 0 aliphatic carbocycles. The Labute approximate surface area is 127 Å². The molecule has 0 bridgehead atoms. The first kappa shape index (κ1) is 12.6. The molecule has 22 heavy (non-hydrogen) atoms. The van der Waals surface area contributed by atoms with Crippen molar-refractivity contribution in [3.05, 3.63) is 73.2 Å². The Kier molecular flexibility index (Phi) is 3.05. The summed E-state index contributed by atoms with van der Waals surface area (Å²) in [5.41, 5.74) is 5.25. The maximum absolute atomic E-state index is 4.34. The van der Waals surface area contributed by atoms with Crippen LogP contribution < -0.4 is 5.32 Å². The van der Waals surface area contributed by atoms with E-state index in [1.165, 1.54) is 0 Å². The quantitative estimate of drug-likeness (QED) is 0.588. The van der Waals surface area contributed by atoms with Crippen molar-refractivity contribution in [1.29, 1.82) is 0 Å². The molecule has 2 aromatic heterocycles. The standard InChI is InChI=1S/C18H14N4/c1-2-4-16(5-3-1)21-17-9-14(10-19-12-17)13-6-7-18-15(8-13)11-20-22-18/h1-12,21H,(H,20,22). The van der Waals surface area contributed by atoms with Crippen molar-refractivity contribution >= 4 is 22.3 Å². The normalized spacial score (nSPS) is 10.7. The SMILES string of the molecule is c1ccc(Nc2cncc(-c3ccc4[nH]ncc4c3)c2)cc1. The smallest absolute Gasteiger partial charge is 0.0650 e. The topological polar surface area (TPSA) is 53.6 Å². The van der Waals surface area contributed by atoms with Crippen LogP contribution in [-0.2, 0) is 0 Å². The molecule has 0 radical (unpaired) electrons. The highest BCUT2D eigenvalue weighted by Crippen LogP contribution is 2.26. The molecule has 4 aromatic rings. The molecule has 0 atom stereocenters. The summed E-state index contributed by atoms with van der Waals surface area (Å²) in [5, 5.41) is 11.5. The maximum atomic E-state index is 4.34. The second kappa shape index (κ2) is 5.33. The first-order valence-electron chi connectivity index (χ1n) is 7.09. The minimum atomic E-state index is 0.969. The lowest BCUT2D eigenvalue weighted by Crippen LogP contribution is -1.91. The van der Waals surface area contributed by atoms with E-state index in [0.717, 1.165) is 33.4 Å². The van der Waals surface area contributed by atoms with Gasteiger partial charge in [0.15, 0.2) is 0 Å². The van der Waals surface area contributed by atoms with Crippen LogP contribution in [0.2, 0.25) is 0 Å². The number of nitrogens with one attached hydrogen (secondary N) is 2. The third-order valence-electron chi connectivity index (χ3n) is 3.57. The first-order valence-corrected chi connectivity index (χ1v) is 7.09. The van der Waals surface area contributed by atoms with Gasteiger partial charge in [0.1, 0.15) is 0 Å². The van der Waals surface area contributed by atoms with Gasteiger partial charge in [-0.05, 0) is 35.9 Å². The molecule has 2 aromatic carbocycles. The number of pyridine rings is 1. The minimum Gasteiger partial charge on any atom is -0.354 e. The molecule has 4 rings (SSSR count). The zero-order chi connectivity index (χ0) is 14.8. The van der Waals surface area contributed by atoms with Gasteiger partial charge in [0, 0.05) is 22.8 Å². The van der Waals surface area contributed by atoms with Gasteiger partial charge in [-0.2, -0.15) is 5.10 Å². The number of para-hydroxylation sites is 1. The Morgan fingerprint density at radius 3 is 2.59 bits per heavy atom. The molecule has 0 aliphatic heterocycles. The van der Waals surface area contributed by atoms with Gasteiger partial charge in [-0.3, -0.25) is 10.1 Å². The van der Waals surface area contributed by atoms with Crippen LogP contribution in [0.3, 0.4) is 0 Å². The van der Waals surface area contributed by atoms with E-state index < -0.39 is 0 Å². The second-order valence-electron chi connectivity index (χ2n) is 5.13. The van der Waals surface area contributed by atoms with Gasteiger partial charge in [0.2, 0.25) is 0 Å². The van der Waals surface area contributed by atoms with E-state index in [9.17, 15) is 0 Å². The molecular formula is C18H14N4. The fourth-order valence-electron chi connectivity index (χ4n) is 2.48. The van der Waals surface area contributed by atoms with Crippen LogP contribution in [0.1, 0.15) is 0 Å². The van der Waals surface area contributed by atoms with Crippen molar-refractivity contribution in [3.63, 3.8) is 0 Å². The number of nitrogens with zero attached hydrogens (tertiary/aromatic N) is 2. The number of benzene rings is 2. The average molecular weight is 286 g/mol. The van der Waals surface area contributed by atoms with Crippen molar-refractivity contribution < 1.29 is 0 Å². The molecule has 0 aliphatic rings. The summed E-state index contributed by atoms with van der Waals surface area (Å²) < 4.78 is 0. The molecule has 4 nitrogen and oxygen atoms in total. The number of H-pyrrole nitrogens is 1. The van der Waals surface area contributed by atoms with Crippen LogP contribution in [-0.4, -0.2) is 15.2 Å². The van der Waals surface area contributed by atoms with Gasteiger partial charge in [0.05, 0.1) is 23.6 Å². The number of fused-ring (bicyclic) bond motifs is 1. The summed E-state index contributed by atoms with van der Waals surface area (Å²) in [6.07, 6.45) is 5.53. The Morgan fingerprint density at radius 1 is 0.773 bits per heavy atom. The van der Waals surface area contributed by atoms with E-state index in [2.05, 4.69) is 38.7 Å². The van der Waals surface area contributed by atoms with Crippen molar-refractivity contribution in [3.8, 4) is 11.1 Å². The van der Waals surface area contributed by atoms with Crippen LogP contribution in [0, 0.1) is 0 Å². The number of hydrogen-bond acceptors (Lipinski definition) is 3. The van der Waals surface area contributed by atoms with Crippen molar-refractivity contribution in [2.24, 2.45) is 0 Å². The van der Waals surface area contributed by atoms with Crippen LogP contribution in [0.5, 0.6) is 0 Å². The van der Waals surface area contributed by atoms with E-state index in [0.29, 0.717) is 0 Å². The summed E-state index contributed by atoms with van der Waals surface area (Å²) >= 11 is 0. The molecule has 0 spiro atoms. The summed E-state index contributed by atoms with van der Waals surface area (Å²) in [6.45, 7) is 0. The first-order chi connectivity index (χ1) is 10.9. The monoisotopic (exact) mass is 286 g/mol. The Hall–Kier alpha value is -3.14. The Balaban J connectivity index is 1.69. The summed E-state index contributed by atoms with van der Waals surface area (Å²) in [7, 11) is 0. The maximum Gasteiger partial charge on any atom is 0.0650 e. The van der Waals surface area contributed by atoms with Crippen LogP contribution in [0.4, 0.5) is 11.4 Å². The van der Waals surface area contributed by atoms with Crippen molar-refractivity contribution in [2.75, 3.05) is 5.32 Å². The summed E-state index contributed by atoms with van der Waals surface area (Å²) in [6, 6.07) is 18.4. The second-order valence-corrected chi connectivity index (χ2v) is 5.13. The molecule has 0 saturated heterocycles. The zero-order valence-electron chi connectivity index (χ0n) is 11.8. The lowest BCUT2D eigenvalue weighted by Gasteiger charge is -2.08. The lowest BCUT2D eigenvalue weighted by molar-refractivity contribution is 1.12. The Morgan fingerprint density at radius 2 is 1.68 bits per heavy atom. The van der Waals surface area contributed by atoms with Gasteiger partial charge in [-0.1, -0.05) is 24.3 Å². The number of aromatic nitrogens is 3. The predicted octanol–water partition coefficient (Wildman–Crippen LogP) is 4.37. The molecule has 0 unspecified atom stereocenters. The number of rotatable bonds is 3. The minimum absolute atomic E-state index is 0.969. The number of anilines is 2. The van der Waals surface area contributed by atoms with Gasteiger partial charge in [0.25, 0.3) is 0 Å². The Bertz CT molecular complexity index is 912.